The number of nitrogens with zero attached hydrogens (tertiary/aromatic N) is 1. The van der Waals surface area contributed by atoms with Crippen molar-refractivity contribution in [2.75, 3.05) is 31.2 Å². The molecular weight excluding hydrogens is 258 g/mol. The van der Waals surface area contributed by atoms with Gasteiger partial charge in [0.15, 0.2) is 9.84 Å². The van der Waals surface area contributed by atoms with Gasteiger partial charge in [-0.1, -0.05) is 0 Å². The van der Waals surface area contributed by atoms with Crippen molar-refractivity contribution in [3.05, 3.63) is 0 Å². The predicted octanol–water partition coefficient (Wildman–Crippen LogP) is 0.159. The second-order valence-corrected chi connectivity index (χ2v) is 7.24. The van der Waals surface area contributed by atoms with Gasteiger partial charge in [0.1, 0.15) is 5.60 Å². The van der Waals surface area contributed by atoms with Gasteiger partial charge in [0.2, 0.25) is 0 Å². The number of aliphatic hydroxyl groups excluding tert-OH is 1. The van der Waals surface area contributed by atoms with Crippen molar-refractivity contribution in [3.63, 3.8) is 0 Å². The van der Waals surface area contributed by atoms with Crippen molar-refractivity contribution in [1.29, 1.82) is 0 Å². The van der Waals surface area contributed by atoms with E-state index in [1.165, 1.54) is 4.90 Å². The number of ether oxygens (including phenoxy) is 1. The second kappa shape index (κ2) is 5.05. The van der Waals surface area contributed by atoms with Crippen LogP contribution in [0.1, 0.15) is 25.7 Å². The molecule has 2 fully saturated rings. The molecule has 7 heteroatoms. The van der Waals surface area contributed by atoms with Crippen molar-refractivity contribution in [1.82, 2.24) is 4.90 Å². The lowest BCUT2D eigenvalue weighted by Gasteiger charge is -2.42. The van der Waals surface area contributed by atoms with Gasteiger partial charge in [-0.05, 0) is 19.3 Å². The number of aliphatic hydroxyl groups is 1. The van der Waals surface area contributed by atoms with E-state index in [1.54, 1.807) is 0 Å². The Morgan fingerprint density at radius 3 is 2.78 bits per heavy atom. The van der Waals surface area contributed by atoms with Crippen molar-refractivity contribution in [2.24, 2.45) is 0 Å². The summed E-state index contributed by atoms with van der Waals surface area (Å²) in [4.78, 5) is 13.3. The van der Waals surface area contributed by atoms with Gasteiger partial charge >= 0.3 is 6.09 Å². The van der Waals surface area contributed by atoms with E-state index in [1.807, 2.05) is 0 Å². The third-order valence-electron chi connectivity index (χ3n) is 3.56. The van der Waals surface area contributed by atoms with E-state index < -0.39 is 21.5 Å². The number of rotatable bonds is 3. The summed E-state index contributed by atoms with van der Waals surface area (Å²) in [6.07, 6.45) is 1.81. The highest BCUT2D eigenvalue weighted by Gasteiger charge is 2.45. The predicted molar refractivity (Wildman–Crippen MR) is 65.0 cm³/mol. The van der Waals surface area contributed by atoms with Gasteiger partial charge in [0.05, 0.1) is 11.5 Å². The number of carbonyl (C=O) groups excluding carboxylic acids is 1. The quantitative estimate of drug-likeness (QED) is 0.794. The van der Waals surface area contributed by atoms with Crippen molar-refractivity contribution in [2.45, 2.75) is 31.3 Å². The van der Waals surface area contributed by atoms with E-state index in [0.29, 0.717) is 38.8 Å². The second-order valence-electron chi connectivity index (χ2n) is 5.06. The molecule has 0 aromatic heterocycles. The molecule has 2 aliphatic rings. The average molecular weight is 277 g/mol. The highest BCUT2D eigenvalue weighted by molar-refractivity contribution is 7.91. The monoisotopic (exact) mass is 277 g/mol. The van der Waals surface area contributed by atoms with Gasteiger partial charge in [-0.15, -0.1) is 0 Å². The Morgan fingerprint density at radius 2 is 2.17 bits per heavy atom. The van der Waals surface area contributed by atoms with E-state index in [-0.39, 0.29) is 18.1 Å². The van der Waals surface area contributed by atoms with E-state index in [4.69, 9.17) is 9.84 Å². The summed E-state index contributed by atoms with van der Waals surface area (Å²) in [6.45, 7) is 0.996. The number of carbonyl (C=O) groups is 1. The molecule has 2 heterocycles. The zero-order valence-electron chi connectivity index (χ0n) is 10.3. The third kappa shape index (κ3) is 2.95. The van der Waals surface area contributed by atoms with E-state index in [0.717, 1.165) is 0 Å². The summed E-state index contributed by atoms with van der Waals surface area (Å²) in [5, 5.41) is 8.74. The molecule has 104 valence electrons. The summed E-state index contributed by atoms with van der Waals surface area (Å²) in [5.74, 6) is 0.153. The Balaban J connectivity index is 2.00. The fraction of sp³-hybridized carbons (Fsp3) is 0.909. The van der Waals surface area contributed by atoms with Crippen LogP contribution in [0.15, 0.2) is 0 Å². The number of hydrogen-bond donors (Lipinski definition) is 1. The van der Waals surface area contributed by atoms with Crippen LogP contribution in [0.3, 0.4) is 0 Å². The largest absolute Gasteiger partial charge is 0.442 e. The summed E-state index contributed by atoms with van der Waals surface area (Å²) < 4.78 is 28.7. The molecule has 2 saturated heterocycles. The lowest BCUT2D eigenvalue weighted by Crippen LogP contribution is -2.55. The van der Waals surface area contributed by atoms with Gasteiger partial charge < -0.3 is 14.7 Å². The number of sulfone groups is 1. The maximum absolute atomic E-state index is 11.8. The Labute approximate surface area is 107 Å². The van der Waals surface area contributed by atoms with E-state index in [9.17, 15) is 13.2 Å². The molecule has 0 aromatic rings. The molecule has 0 radical (unpaired) electrons. The molecule has 0 saturated carbocycles. The molecule has 1 unspecified atom stereocenters. The topological polar surface area (TPSA) is 83.9 Å². The fourth-order valence-corrected chi connectivity index (χ4v) is 4.51. The smallest absolute Gasteiger partial charge is 0.410 e. The van der Waals surface area contributed by atoms with Crippen molar-refractivity contribution < 1.29 is 23.1 Å². The molecule has 2 rings (SSSR count). The van der Waals surface area contributed by atoms with Gasteiger partial charge in [-0.25, -0.2) is 13.2 Å². The summed E-state index contributed by atoms with van der Waals surface area (Å²) in [5.41, 5.74) is -0.802. The van der Waals surface area contributed by atoms with Gasteiger partial charge in [0.25, 0.3) is 0 Å². The molecule has 0 aliphatic carbocycles. The highest BCUT2D eigenvalue weighted by Crippen LogP contribution is 2.33. The summed E-state index contributed by atoms with van der Waals surface area (Å²) in [6, 6.07) is 0. The standard InChI is InChI=1S/C11H19NO5S/c13-7-2-5-12-6-4-11(17-10(12)14)3-1-8-18(15,16)9-11/h13H,1-9H2. The maximum Gasteiger partial charge on any atom is 0.410 e. The minimum Gasteiger partial charge on any atom is -0.442 e. The molecule has 1 atom stereocenters. The Kier molecular flexibility index (Phi) is 3.82. The zero-order chi connectivity index (χ0) is 13.2. The number of hydrogen-bond acceptors (Lipinski definition) is 5. The van der Waals surface area contributed by atoms with Crippen molar-refractivity contribution >= 4 is 15.9 Å². The summed E-state index contributed by atoms with van der Waals surface area (Å²) >= 11 is 0. The molecule has 18 heavy (non-hydrogen) atoms. The van der Waals surface area contributed by atoms with Crippen LogP contribution in [0.4, 0.5) is 4.79 Å². The average Bonchev–Trinajstić information content (AvgIpc) is 2.26. The first kappa shape index (κ1) is 13.6. The molecule has 1 N–H and O–H groups in total. The first-order valence-electron chi connectivity index (χ1n) is 6.26. The molecular formula is C11H19NO5S. The Morgan fingerprint density at radius 1 is 1.39 bits per heavy atom. The van der Waals surface area contributed by atoms with Crippen LogP contribution < -0.4 is 0 Å². The van der Waals surface area contributed by atoms with E-state index >= 15 is 0 Å². The summed E-state index contributed by atoms with van der Waals surface area (Å²) in [7, 11) is -3.08. The Hall–Kier alpha value is -0.820. The van der Waals surface area contributed by atoms with Crippen LogP contribution >= 0.6 is 0 Å². The Bertz CT molecular complexity index is 421. The van der Waals surface area contributed by atoms with Gasteiger partial charge in [0, 0.05) is 26.1 Å². The molecule has 1 amide bonds. The normalized spacial score (nSPS) is 31.4. The number of amides is 1. The SMILES string of the molecule is O=C1OC2(CCCS(=O)(=O)C2)CCN1CCCO. The first-order chi connectivity index (χ1) is 8.46. The fourth-order valence-electron chi connectivity index (χ4n) is 2.63. The first-order valence-corrected chi connectivity index (χ1v) is 8.08. The van der Waals surface area contributed by atoms with Gasteiger partial charge in [-0.3, -0.25) is 0 Å². The van der Waals surface area contributed by atoms with Crippen LogP contribution in [0.2, 0.25) is 0 Å². The highest BCUT2D eigenvalue weighted by atomic mass is 32.2. The minimum atomic E-state index is -3.08. The van der Waals surface area contributed by atoms with Gasteiger partial charge in [-0.2, -0.15) is 0 Å². The minimum absolute atomic E-state index is 0.0311. The van der Waals surface area contributed by atoms with Crippen LogP contribution in [0.25, 0.3) is 0 Å². The lowest BCUT2D eigenvalue weighted by atomic mass is 9.94. The lowest BCUT2D eigenvalue weighted by molar-refractivity contribution is -0.0421. The molecule has 1 spiro atoms. The molecule has 6 nitrogen and oxygen atoms in total. The zero-order valence-corrected chi connectivity index (χ0v) is 11.1. The van der Waals surface area contributed by atoms with Crippen LogP contribution in [0, 0.1) is 0 Å². The van der Waals surface area contributed by atoms with Crippen LogP contribution in [-0.2, 0) is 14.6 Å². The third-order valence-corrected chi connectivity index (χ3v) is 5.43. The molecule has 0 bridgehead atoms. The van der Waals surface area contributed by atoms with Crippen molar-refractivity contribution in [3.8, 4) is 0 Å². The molecule has 2 aliphatic heterocycles. The molecule has 0 aromatic carbocycles. The van der Waals surface area contributed by atoms with Crippen LogP contribution in [-0.4, -0.2) is 61.3 Å². The van der Waals surface area contributed by atoms with E-state index in [2.05, 4.69) is 0 Å². The van der Waals surface area contributed by atoms with Crippen LogP contribution in [0.5, 0.6) is 0 Å². The maximum atomic E-state index is 11.8.